The van der Waals surface area contributed by atoms with Gasteiger partial charge in [0.05, 0.1) is 4.92 Å². The molecule has 0 saturated heterocycles. The van der Waals surface area contributed by atoms with Gasteiger partial charge in [-0.2, -0.15) is 8.42 Å². The molecule has 2 rings (SSSR count). The molecule has 1 aliphatic rings. The van der Waals surface area contributed by atoms with Crippen molar-refractivity contribution >= 4 is 27.3 Å². The predicted molar refractivity (Wildman–Crippen MR) is 90.5 cm³/mol. The van der Waals surface area contributed by atoms with Crippen LogP contribution in [0.3, 0.4) is 0 Å². The number of carbonyl (C=O) groups is 1. The highest BCUT2D eigenvalue weighted by molar-refractivity contribution is 7.86. The minimum absolute atomic E-state index is 0.0730. The average Bonchev–Trinajstić information content (AvgIpc) is 2.55. The summed E-state index contributed by atoms with van der Waals surface area (Å²) in [5.74, 6) is -0.250. The van der Waals surface area contributed by atoms with Crippen LogP contribution in [0, 0.1) is 16.0 Å². The quantitative estimate of drug-likeness (QED) is 0.450. The maximum Gasteiger partial charge on any atom is 0.358 e. The lowest BCUT2D eigenvalue weighted by Crippen LogP contribution is -2.17. The van der Waals surface area contributed by atoms with Gasteiger partial charge in [-0.3, -0.25) is 19.2 Å². The number of hydrogen-bond donors (Lipinski definition) is 0. The Morgan fingerprint density at radius 3 is 2.52 bits per heavy atom. The van der Waals surface area contributed by atoms with Gasteiger partial charge in [-0.15, -0.1) is 0 Å². The van der Waals surface area contributed by atoms with Crippen molar-refractivity contribution in [3.63, 3.8) is 0 Å². The SMILES string of the molecule is CC1=C/C(=N/OS(=O)(=O)c2cccc([N+](=O)[O-])c2)C(C(C)C)=CC1=O. The average molecular weight is 364 g/mol. The smallest absolute Gasteiger partial charge is 0.290 e. The zero-order valence-electron chi connectivity index (χ0n) is 13.8. The standard InChI is InChI=1S/C16H16N2O6S/c1-10(2)14-9-16(19)11(3)7-15(14)17-24-25(22,23)13-6-4-5-12(8-13)18(20)21/h4-10H,1-3H3/b17-15-. The Morgan fingerprint density at radius 2 is 1.92 bits per heavy atom. The first-order valence-electron chi connectivity index (χ1n) is 7.32. The number of hydrogen-bond acceptors (Lipinski definition) is 7. The van der Waals surface area contributed by atoms with E-state index in [0.29, 0.717) is 11.1 Å². The zero-order valence-corrected chi connectivity index (χ0v) is 14.6. The lowest BCUT2D eigenvalue weighted by molar-refractivity contribution is -0.385. The number of rotatable bonds is 5. The molecule has 0 fully saturated rings. The predicted octanol–water partition coefficient (Wildman–Crippen LogP) is 2.77. The van der Waals surface area contributed by atoms with E-state index in [1.165, 1.54) is 30.4 Å². The van der Waals surface area contributed by atoms with Crippen molar-refractivity contribution in [3.05, 3.63) is 57.7 Å². The number of nitro benzene ring substituents is 1. The van der Waals surface area contributed by atoms with Gasteiger partial charge in [0.15, 0.2) is 5.78 Å². The Labute approximate surface area is 144 Å². The first-order chi connectivity index (χ1) is 11.6. The van der Waals surface area contributed by atoms with Crippen LogP contribution in [-0.4, -0.2) is 24.8 Å². The molecule has 0 heterocycles. The summed E-state index contributed by atoms with van der Waals surface area (Å²) in [4.78, 5) is 21.4. The molecule has 0 amide bonds. The van der Waals surface area contributed by atoms with Gasteiger partial charge >= 0.3 is 10.1 Å². The van der Waals surface area contributed by atoms with Crippen LogP contribution >= 0.6 is 0 Å². The first-order valence-corrected chi connectivity index (χ1v) is 8.73. The molecule has 1 aliphatic carbocycles. The number of oxime groups is 1. The Morgan fingerprint density at radius 1 is 1.24 bits per heavy atom. The molecule has 8 nitrogen and oxygen atoms in total. The molecular weight excluding hydrogens is 348 g/mol. The van der Waals surface area contributed by atoms with E-state index in [2.05, 4.69) is 5.16 Å². The monoisotopic (exact) mass is 364 g/mol. The van der Waals surface area contributed by atoms with Gasteiger partial charge in [0, 0.05) is 12.1 Å². The number of nitrogens with zero attached hydrogens (tertiary/aromatic N) is 2. The summed E-state index contributed by atoms with van der Waals surface area (Å²) in [5.41, 5.74) is 0.796. The maximum absolute atomic E-state index is 12.2. The molecule has 0 spiro atoms. The van der Waals surface area contributed by atoms with E-state index in [9.17, 15) is 23.3 Å². The van der Waals surface area contributed by atoms with Gasteiger partial charge in [0.25, 0.3) is 5.69 Å². The number of benzene rings is 1. The number of nitro groups is 1. The van der Waals surface area contributed by atoms with E-state index in [-0.39, 0.29) is 28.0 Å². The van der Waals surface area contributed by atoms with E-state index in [1.54, 1.807) is 6.92 Å². The van der Waals surface area contributed by atoms with Crippen molar-refractivity contribution in [2.24, 2.45) is 11.1 Å². The van der Waals surface area contributed by atoms with Gasteiger partial charge < -0.3 is 0 Å². The van der Waals surface area contributed by atoms with Crippen molar-refractivity contribution in [1.29, 1.82) is 0 Å². The molecule has 1 aromatic carbocycles. The molecule has 0 aliphatic heterocycles. The van der Waals surface area contributed by atoms with Gasteiger partial charge in [0.2, 0.25) is 0 Å². The number of ketones is 1. The summed E-state index contributed by atoms with van der Waals surface area (Å²) in [6.45, 7) is 5.25. The highest BCUT2D eigenvalue weighted by Crippen LogP contribution is 2.22. The second kappa shape index (κ2) is 6.98. The highest BCUT2D eigenvalue weighted by atomic mass is 32.2. The molecule has 0 N–H and O–H groups in total. The summed E-state index contributed by atoms with van der Waals surface area (Å²) in [7, 11) is -4.33. The molecule has 0 unspecified atom stereocenters. The van der Waals surface area contributed by atoms with Gasteiger partial charge in [-0.25, -0.2) is 0 Å². The molecule has 0 atom stereocenters. The largest absolute Gasteiger partial charge is 0.358 e. The molecule has 0 saturated carbocycles. The van der Waals surface area contributed by atoms with Crippen LogP contribution in [0.4, 0.5) is 5.69 Å². The fourth-order valence-corrected chi connectivity index (χ4v) is 2.89. The van der Waals surface area contributed by atoms with E-state index >= 15 is 0 Å². The van der Waals surface area contributed by atoms with Crippen molar-refractivity contribution < 1.29 is 22.4 Å². The molecule has 0 aromatic heterocycles. The summed E-state index contributed by atoms with van der Waals surface area (Å²) in [6.07, 6.45) is 2.84. The van der Waals surface area contributed by atoms with E-state index in [4.69, 9.17) is 4.28 Å². The summed E-state index contributed by atoms with van der Waals surface area (Å²) in [6, 6.07) is 4.47. The topological polar surface area (TPSA) is 116 Å². The summed E-state index contributed by atoms with van der Waals surface area (Å²) < 4.78 is 29.1. The lowest BCUT2D eigenvalue weighted by Gasteiger charge is -2.15. The number of non-ortho nitro benzene ring substituents is 1. The third-order valence-electron chi connectivity index (χ3n) is 3.50. The van der Waals surface area contributed by atoms with Crippen LogP contribution in [0.5, 0.6) is 0 Å². The van der Waals surface area contributed by atoms with Gasteiger partial charge in [-0.05, 0) is 42.2 Å². The van der Waals surface area contributed by atoms with Crippen LogP contribution in [0.2, 0.25) is 0 Å². The molecule has 25 heavy (non-hydrogen) atoms. The van der Waals surface area contributed by atoms with Crippen molar-refractivity contribution in [3.8, 4) is 0 Å². The van der Waals surface area contributed by atoms with Crippen LogP contribution in [0.1, 0.15) is 20.8 Å². The first kappa shape index (κ1) is 18.5. The van der Waals surface area contributed by atoms with Crippen molar-refractivity contribution in [1.82, 2.24) is 0 Å². The normalized spacial score (nSPS) is 16.6. The molecular formula is C16H16N2O6S. The fraction of sp³-hybridized carbons (Fsp3) is 0.250. The summed E-state index contributed by atoms with van der Waals surface area (Å²) in [5, 5.41) is 14.4. The van der Waals surface area contributed by atoms with E-state index in [0.717, 1.165) is 6.07 Å². The van der Waals surface area contributed by atoms with Crippen LogP contribution in [0.15, 0.2) is 57.6 Å². The Kier molecular flexibility index (Phi) is 5.17. The Balaban J connectivity index is 2.36. The van der Waals surface area contributed by atoms with E-state index in [1.807, 2.05) is 13.8 Å². The second-order valence-electron chi connectivity index (χ2n) is 5.71. The van der Waals surface area contributed by atoms with Gasteiger partial charge in [-0.1, -0.05) is 25.1 Å². The number of allylic oxidation sites excluding steroid dienone is 4. The van der Waals surface area contributed by atoms with Crippen LogP contribution < -0.4 is 0 Å². The third kappa shape index (κ3) is 4.18. The minimum atomic E-state index is -4.33. The lowest BCUT2D eigenvalue weighted by atomic mass is 9.90. The van der Waals surface area contributed by atoms with Crippen molar-refractivity contribution in [2.75, 3.05) is 0 Å². The molecule has 132 valence electrons. The maximum atomic E-state index is 12.2. The molecule has 9 heteroatoms. The van der Waals surface area contributed by atoms with E-state index < -0.39 is 15.0 Å². The molecule has 0 bridgehead atoms. The fourth-order valence-electron chi connectivity index (χ4n) is 2.11. The molecule has 0 radical (unpaired) electrons. The van der Waals surface area contributed by atoms with Crippen molar-refractivity contribution in [2.45, 2.75) is 25.7 Å². The molecule has 1 aromatic rings. The second-order valence-corrected chi connectivity index (χ2v) is 7.23. The minimum Gasteiger partial charge on any atom is -0.290 e. The Hall–Kier alpha value is -2.81. The van der Waals surface area contributed by atoms with Crippen LogP contribution in [-0.2, 0) is 19.2 Å². The van der Waals surface area contributed by atoms with Crippen LogP contribution in [0.25, 0.3) is 0 Å². The highest BCUT2D eigenvalue weighted by Gasteiger charge is 2.22. The zero-order chi connectivity index (χ0) is 18.8. The van der Waals surface area contributed by atoms with Gasteiger partial charge in [0.1, 0.15) is 10.6 Å². The summed E-state index contributed by atoms with van der Waals surface area (Å²) >= 11 is 0. The Bertz CT molecular complexity index is 926. The number of carbonyl (C=O) groups excluding carboxylic acids is 1. The third-order valence-corrected chi connectivity index (χ3v) is 4.60.